The third-order valence-electron chi connectivity index (χ3n) is 3.36. The van der Waals surface area contributed by atoms with E-state index in [9.17, 15) is 0 Å². The number of nitrogens with one attached hydrogen (secondary N) is 1. The maximum Gasteiger partial charge on any atom is 0.129 e. The number of halogens is 1. The third-order valence-corrected chi connectivity index (χ3v) is 3.58. The molecule has 0 aliphatic heterocycles. The van der Waals surface area contributed by atoms with Gasteiger partial charge in [0.05, 0.1) is 0 Å². The highest BCUT2D eigenvalue weighted by Gasteiger charge is 2.35. The van der Waals surface area contributed by atoms with Gasteiger partial charge in [-0.05, 0) is 37.3 Å². The van der Waals surface area contributed by atoms with Crippen LogP contribution in [-0.4, -0.2) is 22.2 Å². The molecule has 1 aromatic rings. The summed E-state index contributed by atoms with van der Waals surface area (Å²) in [5, 5.41) is 13.1. The fourth-order valence-corrected chi connectivity index (χ4v) is 2.25. The standard InChI is InChI=1S/C12H17ClN2O/c13-11-3-2-10(8-14-11)9-15-12(6-7-16)4-1-5-12/h2-3,8,15-16H,1,4-7,9H2. The lowest BCUT2D eigenvalue weighted by molar-refractivity contribution is 0.130. The Hall–Kier alpha value is -0.640. The molecule has 2 N–H and O–H groups in total. The number of aliphatic hydroxyl groups excluding tert-OH is 1. The quantitative estimate of drug-likeness (QED) is 0.775. The number of rotatable bonds is 5. The van der Waals surface area contributed by atoms with Crippen molar-refractivity contribution in [2.45, 2.75) is 37.8 Å². The first-order valence-corrected chi connectivity index (χ1v) is 6.08. The summed E-state index contributed by atoms with van der Waals surface area (Å²) in [5.41, 5.74) is 1.29. The van der Waals surface area contributed by atoms with Crippen molar-refractivity contribution in [2.75, 3.05) is 6.61 Å². The van der Waals surface area contributed by atoms with E-state index in [4.69, 9.17) is 16.7 Å². The van der Waals surface area contributed by atoms with Crippen molar-refractivity contribution in [1.29, 1.82) is 0 Å². The molecule has 1 heterocycles. The molecule has 0 saturated heterocycles. The van der Waals surface area contributed by atoms with E-state index in [1.54, 1.807) is 12.3 Å². The molecule has 0 spiro atoms. The smallest absolute Gasteiger partial charge is 0.129 e. The van der Waals surface area contributed by atoms with Gasteiger partial charge in [0, 0.05) is 24.9 Å². The Balaban J connectivity index is 1.88. The molecular formula is C12H17ClN2O. The largest absolute Gasteiger partial charge is 0.396 e. The second-order valence-electron chi connectivity index (χ2n) is 4.45. The average molecular weight is 241 g/mol. The van der Waals surface area contributed by atoms with Gasteiger partial charge in [0.2, 0.25) is 0 Å². The lowest BCUT2D eigenvalue weighted by atomic mass is 9.74. The van der Waals surface area contributed by atoms with Crippen LogP contribution in [0.4, 0.5) is 0 Å². The van der Waals surface area contributed by atoms with Crippen LogP contribution in [0.5, 0.6) is 0 Å². The first kappa shape index (κ1) is 11.8. The van der Waals surface area contributed by atoms with E-state index in [1.807, 2.05) is 6.07 Å². The van der Waals surface area contributed by atoms with E-state index in [0.29, 0.717) is 5.15 Å². The summed E-state index contributed by atoms with van der Waals surface area (Å²) in [7, 11) is 0. The normalized spacial score (nSPS) is 18.1. The first-order valence-electron chi connectivity index (χ1n) is 5.70. The minimum absolute atomic E-state index is 0.161. The third kappa shape index (κ3) is 2.73. The lowest BCUT2D eigenvalue weighted by Gasteiger charge is -2.42. The van der Waals surface area contributed by atoms with E-state index < -0.39 is 0 Å². The molecule has 1 aliphatic rings. The molecule has 0 bridgehead atoms. The van der Waals surface area contributed by atoms with Crippen LogP contribution in [0.1, 0.15) is 31.2 Å². The molecule has 0 radical (unpaired) electrons. The molecule has 0 amide bonds. The van der Waals surface area contributed by atoms with Crippen molar-refractivity contribution in [2.24, 2.45) is 0 Å². The van der Waals surface area contributed by atoms with Crippen LogP contribution < -0.4 is 5.32 Å². The number of hydrogen-bond donors (Lipinski definition) is 2. The zero-order valence-electron chi connectivity index (χ0n) is 9.25. The highest BCUT2D eigenvalue weighted by Crippen LogP contribution is 2.34. The van der Waals surface area contributed by atoms with Crippen LogP contribution in [0.2, 0.25) is 5.15 Å². The topological polar surface area (TPSA) is 45.1 Å². The molecule has 1 saturated carbocycles. The minimum atomic E-state index is 0.161. The Labute approximate surface area is 101 Å². The molecule has 4 heteroatoms. The maximum absolute atomic E-state index is 9.03. The highest BCUT2D eigenvalue weighted by molar-refractivity contribution is 6.29. The Morgan fingerprint density at radius 3 is 2.75 bits per heavy atom. The molecular weight excluding hydrogens is 224 g/mol. The second kappa shape index (κ2) is 5.13. The molecule has 1 aromatic heterocycles. The molecule has 0 unspecified atom stereocenters. The summed E-state index contributed by atoms with van der Waals surface area (Å²) in [6.07, 6.45) is 6.21. The predicted octanol–water partition coefficient (Wildman–Crippen LogP) is 2.13. The van der Waals surface area contributed by atoms with Crippen molar-refractivity contribution in [3.05, 3.63) is 29.0 Å². The Morgan fingerprint density at radius 1 is 1.44 bits per heavy atom. The second-order valence-corrected chi connectivity index (χ2v) is 4.84. The van der Waals surface area contributed by atoms with E-state index >= 15 is 0 Å². The van der Waals surface area contributed by atoms with Gasteiger partial charge in [-0.1, -0.05) is 17.7 Å². The number of aromatic nitrogens is 1. The van der Waals surface area contributed by atoms with E-state index in [-0.39, 0.29) is 12.1 Å². The van der Waals surface area contributed by atoms with Crippen LogP contribution in [-0.2, 0) is 6.54 Å². The van der Waals surface area contributed by atoms with Crippen molar-refractivity contribution in [3.63, 3.8) is 0 Å². The van der Waals surface area contributed by atoms with Gasteiger partial charge in [0.15, 0.2) is 0 Å². The van der Waals surface area contributed by atoms with Crippen molar-refractivity contribution < 1.29 is 5.11 Å². The van der Waals surface area contributed by atoms with E-state index in [2.05, 4.69) is 10.3 Å². The molecule has 0 atom stereocenters. The monoisotopic (exact) mass is 240 g/mol. The number of nitrogens with zero attached hydrogens (tertiary/aromatic N) is 1. The van der Waals surface area contributed by atoms with E-state index in [0.717, 1.165) is 31.4 Å². The fourth-order valence-electron chi connectivity index (χ4n) is 2.13. The summed E-state index contributed by atoms with van der Waals surface area (Å²) >= 11 is 5.73. The van der Waals surface area contributed by atoms with Gasteiger partial charge >= 0.3 is 0 Å². The zero-order chi connectivity index (χ0) is 11.4. The summed E-state index contributed by atoms with van der Waals surface area (Å²) in [6, 6.07) is 3.78. The molecule has 0 aromatic carbocycles. The first-order chi connectivity index (χ1) is 7.74. The molecule has 1 aliphatic carbocycles. The van der Waals surface area contributed by atoms with Gasteiger partial charge in [0.25, 0.3) is 0 Å². The van der Waals surface area contributed by atoms with Gasteiger partial charge in [-0.25, -0.2) is 4.98 Å². The van der Waals surface area contributed by atoms with Gasteiger partial charge in [-0.3, -0.25) is 0 Å². The molecule has 2 rings (SSSR count). The number of pyridine rings is 1. The van der Waals surface area contributed by atoms with Crippen molar-refractivity contribution in [3.8, 4) is 0 Å². The summed E-state index contributed by atoms with van der Waals surface area (Å²) in [6.45, 7) is 1.05. The summed E-state index contributed by atoms with van der Waals surface area (Å²) < 4.78 is 0. The number of aliphatic hydroxyl groups is 1. The zero-order valence-corrected chi connectivity index (χ0v) is 10.0. The van der Waals surface area contributed by atoms with E-state index in [1.165, 1.54) is 6.42 Å². The molecule has 88 valence electrons. The SMILES string of the molecule is OCCC1(NCc2ccc(Cl)nc2)CCC1. The van der Waals surface area contributed by atoms with Gasteiger partial charge < -0.3 is 10.4 Å². The van der Waals surface area contributed by atoms with Crippen LogP contribution in [0, 0.1) is 0 Å². The summed E-state index contributed by atoms with van der Waals surface area (Å²) in [5.74, 6) is 0. The Bertz CT molecular complexity index is 335. The van der Waals surface area contributed by atoms with Crippen molar-refractivity contribution >= 4 is 11.6 Å². The summed E-state index contributed by atoms with van der Waals surface area (Å²) in [4.78, 5) is 4.05. The van der Waals surface area contributed by atoms with Gasteiger partial charge in [0.1, 0.15) is 5.15 Å². The highest BCUT2D eigenvalue weighted by atomic mass is 35.5. The predicted molar refractivity (Wildman–Crippen MR) is 64.4 cm³/mol. The van der Waals surface area contributed by atoms with Crippen LogP contribution >= 0.6 is 11.6 Å². The van der Waals surface area contributed by atoms with Crippen LogP contribution in [0.15, 0.2) is 18.3 Å². The maximum atomic E-state index is 9.03. The van der Waals surface area contributed by atoms with Crippen LogP contribution in [0.3, 0.4) is 0 Å². The van der Waals surface area contributed by atoms with Gasteiger partial charge in [-0.15, -0.1) is 0 Å². The Morgan fingerprint density at radius 2 is 2.25 bits per heavy atom. The Kier molecular flexibility index (Phi) is 3.79. The minimum Gasteiger partial charge on any atom is -0.396 e. The van der Waals surface area contributed by atoms with Gasteiger partial charge in [-0.2, -0.15) is 0 Å². The number of hydrogen-bond acceptors (Lipinski definition) is 3. The molecule has 16 heavy (non-hydrogen) atoms. The molecule has 1 fully saturated rings. The average Bonchev–Trinajstić information content (AvgIpc) is 2.24. The van der Waals surface area contributed by atoms with Crippen LogP contribution in [0.25, 0.3) is 0 Å². The molecule has 3 nitrogen and oxygen atoms in total. The van der Waals surface area contributed by atoms with Crippen molar-refractivity contribution in [1.82, 2.24) is 10.3 Å². The fraction of sp³-hybridized carbons (Fsp3) is 0.583. The lowest BCUT2D eigenvalue weighted by Crippen LogP contribution is -2.51.